The highest BCUT2D eigenvalue weighted by atomic mass is 19.3. The SMILES string of the molecule is CCOC(=O)c1[nH]ccc1NC(CN)COC(F)C(F)F. The predicted octanol–water partition coefficient (Wildman–Crippen LogP) is 1.51. The van der Waals surface area contributed by atoms with Crippen LogP contribution in [0.1, 0.15) is 17.4 Å². The third-order valence-corrected chi connectivity index (χ3v) is 2.53. The molecule has 0 amide bonds. The minimum absolute atomic E-state index is 0.00338. The number of aromatic amines is 1. The minimum atomic E-state index is -3.22. The molecule has 0 saturated carbocycles. The summed E-state index contributed by atoms with van der Waals surface area (Å²) >= 11 is 0. The Morgan fingerprint density at radius 1 is 1.48 bits per heavy atom. The van der Waals surface area contributed by atoms with Crippen LogP contribution >= 0.6 is 0 Å². The highest BCUT2D eigenvalue weighted by Crippen LogP contribution is 2.16. The molecule has 2 unspecified atom stereocenters. The summed E-state index contributed by atoms with van der Waals surface area (Å²) in [6.07, 6.45) is -4.39. The maximum Gasteiger partial charge on any atom is 0.356 e. The number of hydrogen-bond donors (Lipinski definition) is 3. The maximum atomic E-state index is 12.7. The molecule has 1 aromatic rings. The second kappa shape index (κ2) is 8.53. The molecule has 0 aliphatic carbocycles. The number of rotatable bonds is 9. The van der Waals surface area contributed by atoms with E-state index in [9.17, 15) is 18.0 Å². The summed E-state index contributed by atoms with van der Waals surface area (Å²) in [6, 6.07) is 0.917. The van der Waals surface area contributed by atoms with Gasteiger partial charge in [0, 0.05) is 12.7 Å². The molecule has 0 bridgehead atoms. The van der Waals surface area contributed by atoms with E-state index in [4.69, 9.17) is 10.5 Å². The first kappa shape index (κ1) is 17.3. The van der Waals surface area contributed by atoms with Gasteiger partial charge in [0.1, 0.15) is 5.69 Å². The number of aromatic nitrogens is 1. The topological polar surface area (TPSA) is 89.4 Å². The van der Waals surface area contributed by atoms with Crippen LogP contribution < -0.4 is 11.1 Å². The first-order valence-electron chi connectivity index (χ1n) is 6.34. The van der Waals surface area contributed by atoms with Crippen molar-refractivity contribution in [2.24, 2.45) is 5.73 Å². The lowest BCUT2D eigenvalue weighted by Gasteiger charge is -2.19. The summed E-state index contributed by atoms with van der Waals surface area (Å²) in [4.78, 5) is 14.3. The van der Waals surface area contributed by atoms with Crippen LogP contribution in [0.15, 0.2) is 12.3 Å². The van der Waals surface area contributed by atoms with Crippen LogP contribution in [-0.2, 0) is 9.47 Å². The first-order chi connectivity index (χ1) is 9.99. The van der Waals surface area contributed by atoms with Gasteiger partial charge in [-0.05, 0) is 13.0 Å². The fourth-order valence-corrected chi connectivity index (χ4v) is 1.53. The summed E-state index contributed by atoms with van der Waals surface area (Å²) in [7, 11) is 0. The van der Waals surface area contributed by atoms with Crippen molar-refractivity contribution in [3.63, 3.8) is 0 Å². The Hall–Kier alpha value is -1.74. The lowest BCUT2D eigenvalue weighted by atomic mass is 10.2. The summed E-state index contributed by atoms with van der Waals surface area (Å²) < 4.78 is 45.9. The number of H-pyrrole nitrogens is 1. The number of alkyl halides is 3. The Morgan fingerprint density at radius 2 is 2.19 bits per heavy atom. The van der Waals surface area contributed by atoms with E-state index in [0.29, 0.717) is 5.69 Å². The normalized spacial score (nSPS) is 14.0. The van der Waals surface area contributed by atoms with E-state index < -0.39 is 24.8 Å². The first-order valence-corrected chi connectivity index (χ1v) is 6.34. The maximum absolute atomic E-state index is 12.7. The van der Waals surface area contributed by atoms with Crippen molar-refractivity contribution in [3.8, 4) is 0 Å². The van der Waals surface area contributed by atoms with E-state index in [1.54, 1.807) is 13.0 Å². The quantitative estimate of drug-likeness (QED) is 0.602. The van der Waals surface area contributed by atoms with Crippen LogP contribution in [0.2, 0.25) is 0 Å². The molecule has 21 heavy (non-hydrogen) atoms. The molecule has 9 heteroatoms. The van der Waals surface area contributed by atoms with Crippen molar-refractivity contribution in [3.05, 3.63) is 18.0 Å². The zero-order valence-electron chi connectivity index (χ0n) is 11.4. The Morgan fingerprint density at radius 3 is 2.76 bits per heavy atom. The van der Waals surface area contributed by atoms with Crippen molar-refractivity contribution >= 4 is 11.7 Å². The largest absolute Gasteiger partial charge is 0.461 e. The molecule has 2 atom stereocenters. The molecule has 0 aliphatic rings. The molecule has 0 fully saturated rings. The molecule has 0 radical (unpaired) electrons. The zero-order chi connectivity index (χ0) is 15.8. The standard InChI is InChI=1S/C12H18F3N3O3/c1-2-20-12(19)9-8(3-4-17-9)18-7(5-16)6-21-11(15)10(13)14/h3-4,7,10-11,17-18H,2,5-6,16H2,1H3. The number of anilines is 1. The van der Waals surface area contributed by atoms with E-state index in [0.717, 1.165) is 0 Å². The fraction of sp³-hybridized carbons (Fsp3) is 0.583. The lowest BCUT2D eigenvalue weighted by molar-refractivity contribution is -0.129. The van der Waals surface area contributed by atoms with Crippen LogP contribution in [0.25, 0.3) is 0 Å². The van der Waals surface area contributed by atoms with Crippen molar-refractivity contribution in [2.45, 2.75) is 25.7 Å². The van der Waals surface area contributed by atoms with Gasteiger partial charge in [0.15, 0.2) is 0 Å². The van der Waals surface area contributed by atoms with Gasteiger partial charge in [0.25, 0.3) is 12.8 Å². The van der Waals surface area contributed by atoms with E-state index in [1.165, 1.54) is 6.20 Å². The number of ether oxygens (including phenoxy) is 2. The van der Waals surface area contributed by atoms with E-state index >= 15 is 0 Å². The molecular formula is C12H18F3N3O3. The minimum Gasteiger partial charge on any atom is -0.461 e. The van der Waals surface area contributed by atoms with Gasteiger partial charge in [0.2, 0.25) is 0 Å². The Kier molecular flexibility index (Phi) is 7.03. The van der Waals surface area contributed by atoms with Gasteiger partial charge in [-0.1, -0.05) is 0 Å². The zero-order valence-corrected chi connectivity index (χ0v) is 11.4. The monoisotopic (exact) mass is 309 g/mol. The summed E-state index contributed by atoms with van der Waals surface area (Å²) in [5, 5.41) is 2.82. The molecule has 1 aromatic heterocycles. The smallest absolute Gasteiger partial charge is 0.356 e. The Labute approximate surface area is 119 Å². The van der Waals surface area contributed by atoms with Crippen molar-refractivity contribution in [1.82, 2.24) is 4.98 Å². The summed E-state index contributed by atoms with van der Waals surface area (Å²) in [6.45, 7) is 1.51. The van der Waals surface area contributed by atoms with Crippen molar-refractivity contribution < 1.29 is 27.4 Å². The van der Waals surface area contributed by atoms with Crippen molar-refractivity contribution in [1.29, 1.82) is 0 Å². The molecule has 4 N–H and O–H groups in total. The highest BCUT2D eigenvalue weighted by Gasteiger charge is 2.22. The predicted molar refractivity (Wildman–Crippen MR) is 70.1 cm³/mol. The van der Waals surface area contributed by atoms with Crippen molar-refractivity contribution in [2.75, 3.05) is 25.1 Å². The van der Waals surface area contributed by atoms with E-state index in [-0.39, 0.29) is 25.5 Å². The molecular weight excluding hydrogens is 291 g/mol. The molecule has 1 heterocycles. The number of nitrogens with two attached hydrogens (primary N) is 1. The molecule has 0 saturated heterocycles. The Bertz CT molecular complexity index is 442. The van der Waals surface area contributed by atoms with Gasteiger partial charge in [0.05, 0.1) is 24.9 Å². The highest BCUT2D eigenvalue weighted by molar-refractivity contribution is 5.93. The van der Waals surface area contributed by atoms with E-state index in [2.05, 4.69) is 15.0 Å². The third-order valence-electron chi connectivity index (χ3n) is 2.53. The second-order valence-electron chi connectivity index (χ2n) is 4.08. The van der Waals surface area contributed by atoms with Gasteiger partial charge in [-0.15, -0.1) is 0 Å². The van der Waals surface area contributed by atoms with Crippen LogP contribution in [0.4, 0.5) is 18.9 Å². The molecule has 120 valence electrons. The van der Waals surface area contributed by atoms with Crippen LogP contribution in [0, 0.1) is 0 Å². The third kappa shape index (κ3) is 5.27. The number of esters is 1. The average molecular weight is 309 g/mol. The number of nitrogens with one attached hydrogen (secondary N) is 2. The molecule has 0 aliphatic heterocycles. The van der Waals surface area contributed by atoms with Gasteiger partial charge in [-0.3, -0.25) is 0 Å². The molecule has 6 nitrogen and oxygen atoms in total. The number of hydrogen-bond acceptors (Lipinski definition) is 5. The van der Waals surface area contributed by atoms with Gasteiger partial charge in [-0.2, -0.15) is 0 Å². The van der Waals surface area contributed by atoms with Gasteiger partial charge < -0.3 is 25.5 Å². The van der Waals surface area contributed by atoms with Crippen LogP contribution in [-0.4, -0.2) is 49.5 Å². The molecule has 1 rings (SSSR count). The van der Waals surface area contributed by atoms with Crippen LogP contribution in [0.5, 0.6) is 0 Å². The van der Waals surface area contributed by atoms with Crippen LogP contribution in [0.3, 0.4) is 0 Å². The van der Waals surface area contributed by atoms with Gasteiger partial charge >= 0.3 is 5.97 Å². The lowest BCUT2D eigenvalue weighted by Crippen LogP contribution is -2.36. The van der Waals surface area contributed by atoms with Gasteiger partial charge in [-0.25, -0.2) is 18.0 Å². The Balaban J connectivity index is 2.61. The fourth-order valence-electron chi connectivity index (χ4n) is 1.53. The number of carbonyl (C=O) groups is 1. The molecule has 0 aromatic carbocycles. The number of carbonyl (C=O) groups excluding carboxylic acids is 1. The average Bonchev–Trinajstić information content (AvgIpc) is 2.91. The van der Waals surface area contributed by atoms with E-state index in [1.807, 2.05) is 0 Å². The second-order valence-corrected chi connectivity index (χ2v) is 4.08. The summed E-state index contributed by atoms with van der Waals surface area (Å²) in [5.74, 6) is -0.572. The molecule has 0 spiro atoms. The summed E-state index contributed by atoms with van der Waals surface area (Å²) in [5.41, 5.74) is 6.00. The number of halogens is 3.